The standard InChI is InChI=1S/C21H30F2N2O3/c1-25(2)21(12-6-4-5-7-13-21)15-24-19(26)11-9-16-8-10-17(28-20(22)23)18(14-16)27-3/h8-11,14,20H,4-7,12-13,15H2,1-3H3,(H,24,26)/b11-9+. The molecule has 7 heteroatoms. The number of benzene rings is 1. The van der Waals surface area contributed by atoms with E-state index in [4.69, 9.17) is 4.74 Å². The molecule has 1 aliphatic rings. The van der Waals surface area contributed by atoms with Crippen LogP contribution in [-0.4, -0.2) is 50.7 Å². The van der Waals surface area contributed by atoms with Gasteiger partial charge < -0.3 is 19.7 Å². The molecule has 156 valence electrons. The van der Waals surface area contributed by atoms with Crippen LogP contribution in [0.2, 0.25) is 0 Å². The van der Waals surface area contributed by atoms with Crippen molar-refractivity contribution in [1.82, 2.24) is 10.2 Å². The summed E-state index contributed by atoms with van der Waals surface area (Å²) in [5, 5.41) is 3.02. The van der Waals surface area contributed by atoms with Crippen LogP contribution in [0.1, 0.15) is 44.1 Å². The van der Waals surface area contributed by atoms with Gasteiger partial charge in [-0.15, -0.1) is 0 Å². The van der Waals surface area contributed by atoms with Gasteiger partial charge in [0, 0.05) is 18.2 Å². The molecule has 1 fully saturated rings. The molecule has 0 heterocycles. The zero-order chi connectivity index (χ0) is 20.6. The Bertz CT molecular complexity index is 670. The van der Waals surface area contributed by atoms with Gasteiger partial charge in [-0.25, -0.2) is 0 Å². The summed E-state index contributed by atoms with van der Waals surface area (Å²) in [5.74, 6) is -0.0365. The van der Waals surface area contributed by atoms with Gasteiger partial charge in [0.05, 0.1) is 7.11 Å². The highest BCUT2D eigenvalue weighted by Gasteiger charge is 2.33. The Hall–Kier alpha value is -2.15. The summed E-state index contributed by atoms with van der Waals surface area (Å²) in [6.07, 6.45) is 10.1. The van der Waals surface area contributed by atoms with Crippen molar-refractivity contribution >= 4 is 12.0 Å². The molecule has 0 bridgehead atoms. The molecule has 28 heavy (non-hydrogen) atoms. The monoisotopic (exact) mass is 396 g/mol. The number of ether oxygens (including phenoxy) is 2. The zero-order valence-electron chi connectivity index (χ0n) is 16.8. The first-order valence-electron chi connectivity index (χ1n) is 9.62. The second-order valence-electron chi connectivity index (χ2n) is 7.37. The van der Waals surface area contributed by atoms with E-state index in [0.717, 1.165) is 12.8 Å². The average Bonchev–Trinajstić information content (AvgIpc) is 2.91. The molecular formula is C21H30F2N2O3. The van der Waals surface area contributed by atoms with Crippen molar-refractivity contribution in [2.75, 3.05) is 27.7 Å². The number of likely N-dealkylation sites (N-methyl/N-ethyl adjacent to an activating group) is 1. The molecular weight excluding hydrogens is 366 g/mol. The van der Waals surface area contributed by atoms with Gasteiger partial charge in [0.1, 0.15) is 0 Å². The molecule has 0 radical (unpaired) electrons. The number of amides is 1. The van der Waals surface area contributed by atoms with Gasteiger partial charge in [-0.05, 0) is 50.7 Å². The van der Waals surface area contributed by atoms with Gasteiger partial charge in [-0.1, -0.05) is 31.7 Å². The highest BCUT2D eigenvalue weighted by atomic mass is 19.3. The Kier molecular flexibility index (Phi) is 8.23. The molecule has 1 amide bonds. The van der Waals surface area contributed by atoms with E-state index in [2.05, 4.69) is 29.0 Å². The molecule has 0 atom stereocenters. The van der Waals surface area contributed by atoms with Gasteiger partial charge in [-0.3, -0.25) is 4.79 Å². The van der Waals surface area contributed by atoms with Crippen molar-refractivity contribution < 1.29 is 23.0 Å². The lowest BCUT2D eigenvalue weighted by molar-refractivity contribution is -0.117. The van der Waals surface area contributed by atoms with Crippen molar-refractivity contribution in [2.24, 2.45) is 0 Å². The highest BCUT2D eigenvalue weighted by Crippen LogP contribution is 2.31. The van der Waals surface area contributed by atoms with Crippen LogP contribution in [-0.2, 0) is 4.79 Å². The second-order valence-corrected chi connectivity index (χ2v) is 7.37. The third kappa shape index (κ3) is 6.19. The number of carbonyl (C=O) groups is 1. The molecule has 5 nitrogen and oxygen atoms in total. The van der Waals surface area contributed by atoms with Crippen molar-refractivity contribution in [3.63, 3.8) is 0 Å². The molecule has 2 rings (SSSR count). The number of nitrogens with one attached hydrogen (secondary N) is 1. The van der Waals surface area contributed by atoms with Crippen LogP contribution in [0.4, 0.5) is 8.78 Å². The summed E-state index contributed by atoms with van der Waals surface area (Å²) in [6, 6.07) is 4.54. The van der Waals surface area contributed by atoms with Crippen molar-refractivity contribution in [3.8, 4) is 11.5 Å². The second kappa shape index (κ2) is 10.4. The molecule has 0 saturated heterocycles. The van der Waals surface area contributed by atoms with E-state index in [9.17, 15) is 13.6 Å². The number of rotatable bonds is 8. The van der Waals surface area contributed by atoms with Gasteiger partial charge in [-0.2, -0.15) is 8.78 Å². The van der Waals surface area contributed by atoms with Crippen LogP contribution in [0, 0.1) is 0 Å². The van der Waals surface area contributed by atoms with E-state index >= 15 is 0 Å². The number of alkyl halides is 2. The molecule has 1 aromatic rings. The SMILES string of the molecule is COc1cc(/C=C/C(=O)NCC2(N(C)C)CCCCCC2)ccc1OC(F)F. The molecule has 0 unspecified atom stereocenters. The van der Waals surface area contributed by atoms with Crippen molar-refractivity contribution in [2.45, 2.75) is 50.7 Å². The van der Waals surface area contributed by atoms with E-state index in [0.29, 0.717) is 12.1 Å². The van der Waals surface area contributed by atoms with Crippen molar-refractivity contribution in [3.05, 3.63) is 29.8 Å². The maximum atomic E-state index is 12.4. The molecule has 1 aromatic carbocycles. The van der Waals surface area contributed by atoms with Gasteiger partial charge in [0.2, 0.25) is 5.91 Å². The van der Waals surface area contributed by atoms with E-state index in [1.807, 2.05) is 0 Å². The average molecular weight is 396 g/mol. The zero-order valence-corrected chi connectivity index (χ0v) is 16.8. The molecule has 0 aliphatic heterocycles. The number of hydrogen-bond donors (Lipinski definition) is 1. The fourth-order valence-electron chi connectivity index (χ4n) is 3.63. The Morgan fingerprint density at radius 1 is 1.21 bits per heavy atom. The maximum Gasteiger partial charge on any atom is 0.387 e. The lowest BCUT2D eigenvalue weighted by Gasteiger charge is -2.39. The van der Waals surface area contributed by atoms with Crippen LogP contribution in [0.15, 0.2) is 24.3 Å². The van der Waals surface area contributed by atoms with Crippen molar-refractivity contribution in [1.29, 1.82) is 0 Å². The molecule has 0 aromatic heterocycles. The Balaban J connectivity index is 1.99. The summed E-state index contributed by atoms with van der Waals surface area (Å²) in [4.78, 5) is 14.5. The minimum Gasteiger partial charge on any atom is -0.493 e. The van der Waals surface area contributed by atoms with Gasteiger partial charge >= 0.3 is 6.61 Å². The minimum atomic E-state index is -2.92. The summed E-state index contributed by atoms with van der Waals surface area (Å²) in [5.41, 5.74) is 0.655. The quantitative estimate of drug-likeness (QED) is 0.531. The molecule has 1 saturated carbocycles. The lowest BCUT2D eigenvalue weighted by atomic mass is 9.88. The molecule has 1 aliphatic carbocycles. The third-order valence-corrected chi connectivity index (χ3v) is 5.41. The topological polar surface area (TPSA) is 50.8 Å². The number of nitrogens with zero attached hydrogens (tertiary/aromatic N) is 1. The lowest BCUT2D eigenvalue weighted by Crippen LogP contribution is -2.52. The fraction of sp³-hybridized carbons (Fsp3) is 0.571. The first-order chi connectivity index (χ1) is 13.4. The van der Waals surface area contributed by atoms with Crippen LogP contribution in [0.25, 0.3) is 6.08 Å². The Morgan fingerprint density at radius 2 is 1.89 bits per heavy atom. The Morgan fingerprint density at radius 3 is 2.46 bits per heavy atom. The fourth-order valence-corrected chi connectivity index (χ4v) is 3.63. The number of halogens is 2. The summed E-state index contributed by atoms with van der Waals surface area (Å²) in [6.45, 7) is -2.32. The van der Waals surface area contributed by atoms with Crippen LogP contribution in [0.5, 0.6) is 11.5 Å². The normalized spacial score (nSPS) is 17.0. The largest absolute Gasteiger partial charge is 0.493 e. The van der Waals surface area contributed by atoms with E-state index < -0.39 is 6.61 Å². The third-order valence-electron chi connectivity index (χ3n) is 5.41. The van der Waals surface area contributed by atoms with E-state index in [-0.39, 0.29) is 22.9 Å². The van der Waals surface area contributed by atoms with Crippen LogP contribution >= 0.6 is 0 Å². The highest BCUT2D eigenvalue weighted by molar-refractivity contribution is 5.91. The first-order valence-corrected chi connectivity index (χ1v) is 9.62. The number of methoxy groups -OCH3 is 1. The number of carbonyl (C=O) groups excluding carboxylic acids is 1. The molecule has 0 spiro atoms. The maximum absolute atomic E-state index is 12.4. The summed E-state index contributed by atoms with van der Waals surface area (Å²) >= 11 is 0. The van der Waals surface area contributed by atoms with Crippen LogP contribution < -0.4 is 14.8 Å². The van der Waals surface area contributed by atoms with Crippen LogP contribution in [0.3, 0.4) is 0 Å². The van der Waals surface area contributed by atoms with E-state index in [1.54, 1.807) is 18.2 Å². The Labute approximate surface area is 165 Å². The minimum absolute atomic E-state index is 0.00250. The van der Waals surface area contributed by atoms with Gasteiger partial charge in [0.25, 0.3) is 0 Å². The predicted molar refractivity (Wildman–Crippen MR) is 106 cm³/mol. The first kappa shape index (κ1) is 22.1. The summed E-state index contributed by atoms with van der Waals surface area (Å²) in [7, 11) is 5.52. The van der Waals surface area contributed by atoms with Gasteiger partial charge in [0.15, 0.2) is 11.5 Å². The predicted octanol–water partition coefficient (Wildman–Crippen LogP) is 4.08. The van der Waals surface area contributed by atoms with E-state index in [1.165, 1.54) is 44.9 Å². The number of hydrogen-bond acceptors (Lipinski definition) is 4. The summed E-state index contributed by atoms with van der Waals surface area (Å²) < 4.78 is 34.3. The molecule has 1 N–H and O–H groups in total. The smallest absolute Gasteiger partial charge is 0.387 e.